The summed E-state index contributed by atoms with van der Waals surface area (Å²) in [5, 5.41) is 6.83. The van der Waals surface area contributed by atoms with Crippen LogP contribution in [-0.4, -0.2) is 69.6 Å². The quantitative estimate of drug-likeness (QED) is 0.586. The van der Waals surface area contributed by atoms with Gasteiger partial charge in [0.05, 0.1) is 13.2 Å². The van der Waals surface area contributed by atoms with E-state index in [2.05, 4.69) is 40.4 Å². The molecule has 0 atom stereocenters. The van der Waals surface area contributed by atoms with Crippen LogP contribution in [0.1, 0.15) is 19.4 Å². The number of guanidine groups is 1. The Kier molecular flexibility index (Phi) is 6.21. The highest BCUT2D eigenvalue weighted by Crippen LogP contribution is 2.32. The van der Waals surface area contributed by atoms with Crippen LogP contribution >= 0.6 is 0 Å². The van der Waals surface area contributed by atoms with Crippen molar-refractivity contribution in [3.63, 3.8) is 0 Å². The molecule has 0 saturated carbocycles. The molecule has 7 heteroatoms. The molecule has 2 aliphatic rings. The summed E-state index contributed by atoms with van der Waals surface area (Å²) in [4.78, 5) is 6.79. The van der Waals surface area contributed by atoms with Crippen molar-refractivity contribution in [2.45, 2.75) is 25.8 Å². The Bertz CT molecular complexity index is 627. The van der Waals surface area contributed by atoms with Crippen LogP contribution < -0.4 is 20.1 Å². The molecule has 1 fully saturated rings. The molecule has 144 valence electrons. The highest BCUT2D eigenvalue weighted by atomic mass is 16.7. The van der Waals surface area contributed by atoms with E-state index in [1.165, 1.54) is 5.56 Å². The number of nitrogens with zero attached hydrogens (tertiary/aromatic N) is 2. The molecule has 2 heterocycles. The van der Waals surface area contributed by atoms with E-state index in [1.54, 1.807) is 7.05 Å². The molecule has 1 aromatic rings. The lowest BCUT2D eigenvalue weighted by Gasteiger charge is -2.41. The van der Waals surface area contributed by atoms with E-state index in [0.29, 0.717) is 6.79 Å². The van der Waals surface area contributed by atoms with Gasteiger partial charge in [-0.3, -0.25) is 9.89 Å². The van der Waals surface area contributed by atoms with Crippen molar-refractivity contribution in [1.29, 1.82) is 0 Å². The number of benzene rings is 1. The first-order valence-corrected chi connectivity index (χ1v) is 9.24. The molecule has 1 aromatic carbocycles. The average Bonchev–Trinajstić information content (AvgIpc) is 3.13. The van der Waals surface area contributed by atoms with Crippen LogP contribution in [0.5, 0.6) is 11.5 Å². The molecular formula is C19H30N4O3. The summed E-state index contributed by atoms with van der Waals surface area (Å²) in [6.07, 6.45) is 0.893. The van der Waals surface area contributed by atoms with E-state index in [4.69, 9.17) is 14.2 Å². The van der Waals surface area contributed by atoms with E-state index in [-0.39, 0.29) is 5.54 Å². The Balaban J connectivity index is 1.43. The van der Waals surface area contributed by atoms with Gasteiger partial charge in [0.2, 0.25) is 6.79 Å². The zero-order valence-corrected chi connectivity index (χ0v) is 16.0. The Labute approximate surface area is 155 Å². The lowest BCUT2D eigenvalue weighted by Crippen LogP contribution is -2.56. The van der Waals surface area contributed by atoms with Gasteiger partial charge in [0, 0.05) is 38.8 Å². The Morgan fingerprint density at radius 3 is 2.69 bits per heavy atom. The second kappa shape index (κ2) is 8.60. The van der Waals surface area contributed by atoms with Gasteiger partial charge in [-0.05, 0) is 38.0 Å². The second-order valence-corrected chi connectivity index (χ2v) is 7.20. The first-order valence-electron chi connectivity index (χ1n) is 9.24. The van der Waals surface area contributed by atoms with Crippen molar-refractivity contribution in [3.8, 4) is 11.5 Å². The maximum atomic E-state index is 5.45. The van der Waals surface area contributed by atoms with Crippen LogP contribution in [0.25, 0.3) is 0 Å². The van der Waals surface area contributed by atoms with E-state index >= 15 is 0 Å². The molecule has 3 rings (SSSR count). The molecule has 0 spiro atoms. The SMILES string of the molecule is CN=C(NCCc1ccc2c(c1)OCO2)NCC(C)(C)N1CCOCC1. The van der Waals surface area contributed by atoms with Gasteiger partial charge in [-0.25, -0.2) is 0 Å². The summed E-state index contributed by atoms with van der Waals surface area (Å²) >= 11 is 0. The van der Waals surface area contributed by atoms with Gasteiger partial charge in [0.1, 0.15) is 0 Å². The van der Waals surface area contributed by atoms with Gasteiger partial charge in [0.15, 0.2) is 17.5 Å². The molecule has 26 heavy (non-hydrogen) atoms. The summed E-state index contributed by atoms with van der Waals surface area (Å²) in [6, 6.07) is 6.09. The number of hydrogen-bond donors (Lipinski definition) is 2. The van der Waals surface area contributed by atoms with Crippen molar-refractivity contribution < 1.29 is 14.2 Å². The molecular weight excluding hydrogens is 332 g/mol. The first-order chi connectivity index (χ1) is 12.6. The minimum Gasteiger partial charge on any atom is -0.454 e. The van der Waals surface area contributed by atoms with Crippen molar-refractivity contribution in [3.05, 3.63) is 23.8 Å². The molecule has 2 N–H and O–H groups in total. The minimum absolute atomic E-state index is 0.0543. The second-order valence-electron chi connectivity index (χ2n) is 7.20. The third-order valence-electron chi connectivity index (χ3n) is 4.92. The Hall–Kier alpha value is -1.99. The fourth-order valence-electron chi connectivity index (χ4n) is 3.22. The van der Waals surface area contributed by atoms with E-state index in [9.17, 15) is 0 Å². The van der Waals surface area contributed by atoms with E-state index in [0.717, 1.165) is 63.3 Å². The average molecular weight is 362 g/mol. The molecule has 0 bridgehead atoms. The van der Waals surface area contributed by atoms with Gasteiger partial charge in [-0.2, -0.15) is 0 Å². The molecule has 0 radical (unpaired) electrons. The number of hydrogen-bond acceptors (Lipinski definition) is 5. The number of morpholine rings is 1. The highest BCUT2D eigenvalue weighted by Gasteiger charge is 2.28. The molecule has 1 saturated heterocycles. The lowest BCUT2D eigenvalue weighted by molar-refractivity contribution is -0.00833. The third kappa shape index (κ3) is 4.80. The van der Waals surface area contributed by atoms with Gasteiger partial charge in [-0.1, -0.05) is 6.07 Å². The molecule has 0 aromatic heterocycles. The number of nitrogens with one attached hydrogen (secondary N) is 2. The molecule has 7 nitrogen and oxygen atoms in total. The van der Waals surface area contributed by atoms with Crippen LogP contribution in [0.15, 0.2) is 23.2 Å². The smallest absolute Gasteiger partial charge is 0.231 e. The van der Waals surface area contributed by atoms with Crippen molar-refractivity contribution in [2.24, 2.45) is 4.99 Å². The largest absolute Gasteiger partial charge is 0.454 e. The highest BCUT2D eigenvalue weighted by molar-refractivity contribution is 5.79. The first kappa shape index (κ1) is 18.8. The standard InChI is InChI=1S/C19H30N4O3/c1-19(2,23-8-10-24-11-9-23)13-22-18(20-3)21-7-6-15-4-5-16-17(12-15)26-14-25-16/h4-5,12H,6-11,13-14H2,1-3H3,(H2,20,21,22). The van der Waals surface area contributed by atoms with Gasteiger partial charge in [-0.15, -0.1) is 0 Å². The van der Waals surface area contributed by atoms with Gasteiger partial charge < -0.3 is 24.8 Å². The van der Waals surface area contributed by atoms with Crippen molar-refractivity contribution in [2.75, 3.05) is 53.2 Å². The monoisotopic (exact) mass is 362 g/mol. The topological polar surface area (TPSA) is 67.4 Å². The summed E-state index contributed by atoms with van der Waals surface area (Å²) in [7, 11) is 1.80. The van der Waals surface area contributed by atoms with Crippen LogP contribution in [0, 0.1) is 0 Å². The van der Waals surface area contributed by atoms with Crippen LogP contribution in [0.2, 0.25) is 0 Å². The van der Waals surface area contributed by atoms with Crippen LogP contribution in [-0.2, 0) is 11.2 Å². The van der Waals surface area contributed by atoms with Crippen molar-refractivity contribution >= 4 is 5.96 Å². The fourth-order valence-corrected chi connectivity index (χ4v) is 3.22. The minimum atomic E-state index is 0.0543. The normalized spacial score (nSPS) is 18.0. The number of aliphatic imine (C=N–C) groups is 1. The Morgan fingerprint density at radius 2 is 1.92 bits per heavy atom. The summed E-state index contributed by atoms with van der Waals surface area (Å²) in [6.45, 7) is 10.0. The number of fused-ring (bicyclic) bond motifs is 1. The molecule has 0 aliphatic carbocycles. The molecule has 2 aliphatic heterocycles. The summed E-state index contributed by atoms with van der Waals surface area (Å²) in [5.74, 6) is 2.48. The van der Waals surface area contributed by atoms with Crippen LogP contribution in [0.3, 0.4) is 0 Å². The predicted octanol–water partition coefficient (Wildman–Crippen LogP) is 1.23. The van der Waals surface area contributed by atoms with Crippen molar-refractivity contribution in [1.82, 2.24) is 15.5 Å². The Morgan fingerprint density at radius 1 is 1.15 bits per heavy atom. The number of ether oxygens (including phenoxy) is 3. The summed E-state index contributed by atoms with van der Waals surface area (Å²) in [5.41, 5.74) is 1.27. The molecule has 0 amide bonds. The van der Waals surface area contributed by atoms with E-state index in [1.807, 2.05) is 12.1 Å². The van der Waals surface area contributed by atoms with E-state index < -0.39 is 0 Å². The maximum Gasteiger partial charge on any atom is 0.231 e. The third-order valence-corrected chi connectivity index (χ3v) is 4.92. The van der Waals surface area contributed by atoms with Gasteiger partial charge >= 0.3 is 0 Å². The zero-order valence-electron chi connectivity index (χ0n) is 16.0. The lowest BCUT2D eigenvalue weighted by atomic mass is 10.0. The fraction of sp³-hybridized carbons (Fsp3) is 0.632. The number of rotatable bonds is 6. The molecule has 0 unspecified atom stereocenters. The van der Waals surface area contributed by atoms with Gasteiger partial charge in [0.25, 0.3) is 0 Å². The zero-order chi connectivity index (χ0) is 18.4. The summed E-state index contributed by atoms with van der Waals surface area (Å²) < 4.78 is 16.2. The maximum absolute atomic E-state index is 5.45. The van der Waals surface area contributed by atoms with Crippen LogP contribution in [0.4, 0.5) is 0 Å². The predicted molar refractivity (Wildman–Crippen MR) is 102 cm³/mol.